The van der Waals surface area contributed by atoms with Gasteiger partial charge in [-0.1, -0.05) is 29.3 Å². The highest BCUT2D eigenvalue weighted by Crippen LogP contribution is 2.23. The Kier molecular flexibility index (Phi) is 4.50. The van der Waals surface area contributed by atoms with E-state index in [1.165, 1.54) is 18.2 Å². The predicted molar refractivity (Wildman–Crippen MR) is 82.6 cm³/mol. The van der Waals surface area contributed by atoms with E-state index >= 15 is 0 Å². The van der Waals surface area contributed by atoms with E-state index in [1.54, 1.807) is 25.1 Å². The van der Waals surface area contributed by atoms with Crippen LogP contribution in [0.2, 0.25) is 10.0 Å². The van der Waals surface area contributed by atoms with Gasteiger partial charge in [0.15, 0.2) is 0 Å². The molecule has 0 saturated heterocycles. The molecule has 0 aliphatic rings. The highest BCUT2D eigenvalue weighted by atomic mass is 35.5. The number of anilines is 1. The molecule has 2 aromatic carbocycles. The zero-order valence-corrected chi connectivity index (χ0v) is 12.5. The third-order valence-electron chi connectivity index (χ3n) is 2.97. The van der Waals surface area contributed by atoms with Gasteiger partial charge in [-0.3, -0.25) is 4.79 Å². The van der Waals surface area contributed by atoms with Crippen LogP contribution in [0.25, 0.3) is 0 Å². The van der Waals surface area contributed by atoms with Crippen molar-refractivity contribution in [1.29, 1.82) is 0 Å². The molecule has 1 amide bonds. The normalized spacial score (nSPS) is 10.2. The summed E-state index contributed by atoms with van der Waals surface area (Å²) in [6.45, 7) is 1.75. The molecule has 2 aromatic rings. The van der Waals surface area contributed by atoms with Crippen LogP contribution in [0.3, 0.4) is 0 Å². The van der Waals surface area contributed by atoms with Gasteiger partial charge in [-0.2, -0.15) is 0 Å². The lowest BCUT2D eigenvalue weighted by Crippen LogP contribution is -2.13. The maximum Gasteiger partial charge on any atom is 0.337 e. The molecule has 0 spiro atoms. The molecule has 0 atom stereocenters. The minimum absolute atomic E-state index is 0.0198. The molecule has 0 aliphatic carbocycles. The van der Waals surface area contributed by atoms with Gasteiger partial charge < -0.3 is 10.4 Å². The number of benzene rings is 2. The molecule has 6 heteroatoms. The van der Waals surface area contributed by atoms with Crippen molar-refractivity contribution in [2.24, 2.45) is 0 Å². The Morgan fingerprint density at radius 2 is 1.76 bits per heavy atom. The first-order valence-electron chi connectivity index (χ1n) is 5.99. The fourth-order valence-electron chi connectivity index (χ4n) is 1.82. The van der Waals surface area contributed by atoms with Gasteiger partial charge in [0.25, 0.3) is 5.91 Å². The Morgan fingerprint density at radius 3 is 2.38 bits per heavy atom. The van der Waals surface area contributed by atoms with Gasteiger partial charge in [-0.25, -0.2) is 4.79 Å². The number of aromatic carboxylic acids is 1. The summed E-state index contributed by atoms with van der Waals surface area (Å²) >= 11 is 11.8. The van der Waals surface area contributed by atoms with Gasteiger partial charge in [0.05, 0.1) is 10.6 Å². The van der Waals surface area contributed by atoms with E-state index in [4.69, 9.17) is 28.3 Å². The molecular formula is C15H11Cl2NO3. The molecule has 0 saturated carbocycles. The number of rotatable bonds is 3. The third kappa shape index (κ3) is 3.35. The van der Waals surface area contributed by atoms with Crippen LogP contribution in [0, 0.1) is 6.92 Å². The zero-order chi connectivity index (χ0) is 15.6. The highest BCUT2D eigenvalue weighted by Gasteiger charge is 2.13. The van der Waals surface area contributed by atoms with Crippen molar-refractivity contribution in [2.75, 3.05) is 5.32 Å². The summed E-state index contributed by atoms with van der Waals surface area (Å²) in [6.07, 6.45) is 0. The molecule has 0 fully saturated rings. The van der Waals surface area contributed by atoms with Crippen LogP contribution in [0.4, 0.5) is 5.69 Å². The van der Waals surface area contributed by atoms with Crippen molar-refractivity contribution in [3.05, 3.63) is 63.1 Å². The summed E-state index contributed by atoms with van der Waals surface area (Å²) in [5, 5.41) is 12.1. The maximum absolute atomic E-state index is 12.2. The second-order valence-electron chi connectivity index (χ2n) is 4.37. The minimum Gasteiger partial charge on any atom is -0.478 e. The molecule has 0 aromatic heterocycles. The number of carboxylic acid groups (broad SMARTS) is 1. The first-order chi connectivity index (χ1) is 9.90. The van der Waals surface area contributed by atoms with E-state index in [1.807, 2.05) is 0 Å². The van der Waals surface area contributed by atoms with Crippen LogP contribution >= 0.6 is 23.2 Å². The summed E-state index contributed by atoms with van der Waals surface area (Å²) in [5.74, 6) is -1.46. The van der Waals surface area contributed by atoms with Crippen molar-refractivity contribution in [3.8, 4) is 0 Å². The standard InChI is InChI=1S/C15H11Cl2NO3/c1-8-10(3-2-4-12(8)16)14(19)18-9-5-6-11(15(20)21)13(17)7-9/h2-7H,1H3,(H,18,19)(H,20,21). The Hall–Kier alpha value is -2.04. The van der Waals surface area contributed by atoms with Crippen LogP contribution in [-0.4, -0.2) is 17.0 Å². The van der Waals surface area contributed by atoms with Crippen molar-refractivity contribution in [3.63, 3.8) is 0 Å². The van der Waals surface area contributed by atoms with Crippen molar-refractivity contribution < 1.29 is 14.7 Å². The van der Waals surface area contributed by atoms with E-state index in [9.17, 15) is 9.59 Å². The lowest BCUT2D eigenvalue weighted by Gasteiger charge is -2.09. The second-order valence-corrected chi connectivity index (χ2v) is 5.18. The highest BCUT2D eigenvalue weighted by molar-refractivity contribution is 6.34. The lowest BCUT2D eigenvalue weighted by molar-refractivity contribution is 0.0697. The van der Waals surface area contributed by atoms with Gasteiger partial charge in [0.2, 0.25) is 0 Å². The number of halogens is 2. The number of nitrogens with one attached hydrogen (secondary N) is 1. The molecule has 21 heavy (non-hydrogen) atoms. The molecule has 2 N–H and O–H groups in total. The Morgan fingerprint density at radius 1 is 1.05 bits per heavy atom. The number of amides is 1. The molecular weight excluding hydrogens is 313 g/mol. The fraction of sp³-hybridized carbons (Fsp3) is 0.0667. The fourth-order valence-corrected chi connectivity index (χ4v) is 2.25. The van der Waals surface area contributed by atoms with E-state index in [2.05, 4.69) is 5.32 Å². The van der Waals surface area contributed by atoms with Crippen LogP contribution in [0.5, 0.6) is 0 Å². The number of carbonyl (C=O) groups excluding carboxylic acids is 1. The van der Waals surface area contributed by atoms with Gasteiger partial charge in [0, 0.05) is 16.3 Å². The number of carbonyl (C=O) groups is 2. The van der Waals surface area contributed by atoms with E-state index in [-0.39, 0.29) is 16.5 Å². The summed E-state index contributed by atoms with van der Waals surface area (Å²) in [7, 11) is 0. The lowest BCUT2D eigenvalue weighted by atomic mass is 10.1. The molecule has 0 bridgehead atoms. The Bertz CT molecular complexity index is 729. The van der Waals surface area contributed by atoms with Gasteiger partial charge in [-0.05, 0) is 42.8 Å². The monoisotopic (exact) mass is 323 g/mol. The Labute approximate surface area is 131 Å². The first kappa shape index (κ1) is 15.4. The molecule has 108 valence electrons. The summed E-state index contributed by atoms with van der Waals surface area (Å²) in [4.78, 5) is 23.1. The molecule has 4 nitrogen and oxygen atoms in total. The molecule has 0 heterocycles. The first-order valence-corrected chi connectivity index (χ1v) is 6.75. The van der Waals surface area contributed by atoms with Gasteiger partial charge >= 0.3 is 5.97 Å². The summed E-state index contributed by atoms with van der Waals surface area (Å²) in [6, 6.07) is 9.25. The topological polar surface area (TPSA) is 66.4 Å². The molecule has 0 unspecified atom stereocenters. The summed E-state index contributed by atoms with van der Waals surface area (Å²) < 4.78 is 0. The van der Waals surface area contributed by atoms with E-state index in [0.717, 1.165) is 0 Å². The summed E-state index contributed by atoms with van der Waals surface area (Å²) in [5.41, 5.74) is 1.51. The van der Waals surface area contributed by atoms with E-state index in [0.29, 0.717) is 21.8 Å². The van der Waals surface area contributed by atoms with E-state index < -0.39 is 5.97 Å². The van der Waals surface area contributed by atoms with Crippen LogP contribution < -0.4 is 5.32 Å². The third-order valence-corrected chi connectivity index (χ3v) is 3.69. The number of hydrogen-bond acceptors (Lipinski definition) is 2. The SMILES string of the molecule is Cc1c(Cl)cccc1C(=O)Nc1ccc(C(=O)O)c(Cl)c1. The van der Waals surface area contributed by atoms with Gasteiger partial charge in [0.1, 0.15) is 0 Å². The Balaban J connectivity index is 2.26. The number of hydrogen-bond donors (Lipinski definition) is 2. The molecule has 0 aliphatic heterocycles. The van der Waals surface area contributed by atoms with Crippen molar-refractivity contribution >= 4 is 40.8 Å². The minimum atomic E-state index is -1.12. The quantitative estimate of drug-likeness (QED) is 0.887. The van der Waals surface area contributed by atoms with Crippen LogP contribution in [0.15, 0.2) is 36.4 Å². The van der Waals surface area contributed by atoms with Crippen molar-refractivity contribution in [1.82, 2.24) is 0 Å². The average Bonchev–Trinajstić information content (AvgIpc) is 2.41. The van der Waals surface area contributed by atoms with Crippen molar-refractivity contribution in [2.45, 2.75) is 6.92 Å². The molecule has 2 rings (SSSR count). The number of carboxylic acids is 1. The predicted octanol–water partition coefficient (Wildman–Crippen LogP) is 4.25. The second kappa shape index (κ2) is 6.16. The average molecular weight is 324 g/mol. The largest absolute Gasteiger partial charge is 0.478 e. The maximum atomic E-state index is 12.2. The smallest absolute Gasteiger partial charge is 0.337 e. The zero-order valence-electron chi connectivity index (χ0n) is 11.0. The van der Waals surface area contributed by atoms with Crippen LogP contribution in [0.1, 0.15) is 26.3 Å². The van der Waals surface area contributed by atoms with Gasteiger partial charge in [-0.15, -0.1) is 0 Å². The molecule has 0 radical (unpaired) electrons. The van der Waals surface area contributed by atoms with Crippen LogP contribution in [-0.2, 0) is 0 Å².